The molecule has 0 saturated carbocycles. The molecule has 0 heterocycles. The van der Waals surface area contributed by atoms with E-state index < -0.39 is 32.2 Å². The minimum atomic E-state index is -0.867. The number of nitrogens with zero attached hydrogens (tertiary/aromatic N) is 2. The van der Waals surface area contributed by atoms with E-state index in [0.717, 1.165) is 12.1 Å². The predicted octanol–water partition coefficient (Wildman–Crippen LogP) is 2.54. The Kier molecular flexibility index (Phi) is 4.98. The van der Waals surface area contributed by atoms with Crippen LogP contribution in [-0.4, -0.2) is 22.3 Å². The molecule has 0 aliphatic carbocycles. The van der Waals surface area contributed by atoms with Crippen molar-refractivity contribution in [3.8, 4) is 0 Å². The summed E-state index contributed by atoms with van der Waals surface area (Å²) in [5, 5.41) is 23.5. The molecule has 0 aliphatic rings. The lowest BCUT2D eigenvalue weighted by molar-refractivity contribution is -0.393. The molecule has 0 atom stereocenters. The van der Waals surface area contributed by atoms with Crippen LogP contribution in [0.3, 0.4) is 0 Å². The van der Waals surface area contributed by atoms with Gasteiger partial charge in [0.2, 0.25) is 0 Å². The minimum Gasteiger partial charge on any atom is -0.352 e. The summed E-state index contributed by atoms with van der Waals surface area (Å²) in [5.41, 5.74) is -1.51. The Labute approximate surface area is 119 Å². The number of carbonyl (C=O) groups is 1. The summed E-state index contributed by atoms with van der Waals surface area (Å²) in [7, 11) is 0. The van der Waals surface area contributed by atoms with Crippen LogP contribution in [-0.2, 0) is 0 Å². The van der Waals surface area contributed by atoms with Crippen LogP contribution in [0, 0.1) is 26.1 Å². The van der Waals surface area contributed by atoms with Gasteiger partial charge >= 0.3 is 0 Å². The number of amides is 1. The van der Waals surface area contributed by atoms with Crippen LogP contribution in [0.4, 0.5) is 11.4 Å². The van der Waals surface area contributed by atoms with Crippen LogP contribution in [0.1, 0.15) is 24.2 Å². The lowest BCUT2D eigenvalue weighted by Gasteiger charge is -2.08. The molecular formula is C11H12ClN3O5. The smallest absolute Gasteiger partial charge is 0.295 e. The fraction of sp³-hybridized carbons (Fsp3) is 0.364. The van der Waals surface area contributed by atoms with E-state index in [1.54, 1.807) is 0 Å². The molecule has 1 rings (SSSR count). The van der Waals surface area contributed by atoms with Crippen molar-refractivity contribution in [3.63, 3.8) is 0 Å². The van der Waals surface area contributed by atoms with Gasteiger partial charge in [0, 0.05) is 18.7 Å². The molecule has 20 heavy (non-hydrogen) atoms. The number of hydrogen-bond donors (Lipinski definition) is 1. The number of nitro benzene ring substituents is 2. The van der Waals surface area contributed by atoms with Crippen molar-refractivity contribution in [2.24, 2.45) is 5.92 Å². The maximum absolute atomic E-state index is 11.8. The SMILES string of the molecule is CC(C)CNC(=O)c1cc([N+](=O)[O-])c(Cl)c([N+](=O)[O-])c1. The Hall–Kier alpha value is -2.22. The van der Waals surface area contributed by atoms with Crippen molar-refractivity contribution in [2.45, 2.75) is 13.8 Å². The maximum Gasteiger partial charge on any atom is 0.295 e. The average molecular weight is 302 g/mol. The zero-order chi connectivity index (χ0) is 15.4. The number of rotatable bonds is 5. The van der Waals surface area contributed by atoms with Crippen LogP contribution < -0.4 is 5.32 Å². The molecule has 0 aromatic heterocycles. The molecule has 108 valence electrons. The summed E-state index contributed by atoms with van der Waals surface area (Å²) < 4.78 is 0. The van der Waals surface area contributed by atoms with E-state index in [1.807, 2.05) is 13.8 Å². The molecule has 0 unspecified atom stereocenters. The van der Waals surface area contributed by atoms with E-state index in [1.165, 1.54) is 0 Å². The van der Waals surface area contributed by atoms with Gasteiger partial charge in [0.15, 0.2) is 5.02 Å². The molecule has 1 amide bonds. The van der Waals surface area contributed by atoms with Crippen molar-refractivity contribution in [1.82, 2.24) is 5.32 Å². The van der Waals surface area contributed by atoms with Crippen LogP contribution >= 0.6 is 11.6 Å². The Balaban J connectivity index is 3.24. The first-order valence-corrected chi connectivity index (χ1v) is 6.02. The van der Waals surface area contributed by atoms with Crippen molar-refractivity contribution < 1.29 is 14.6 Å². The second-order valence-corrected chi connectivity index (χ2v) is 4.82. The minimum absolute atomic E-state index is 0.173. The molecule has 0 fully saturated rings. The molecule has 0 radical (unpaired) electrons. The summed E-state index contributed by atoms with van der Waals surface area (Å²) in [6.45, 7) is 4.09. The standard InChI is InChI=1S/C11H12ClN3O5/c1-6(2)5-13-11(16)7-3-8(14(17)18)10(12)9(4-7)15(19)20/h3-4,6H,5H2,1-2H3,(H,13,16). The number of hydrogen-bond acceptors (Lipinski definition) is 5. The molecule has 0 saturated heterocycles. The molecule has 9 heteroatoms. The van der Waals surface area contributed by atoms with Gasteiger partial charge in [-0.1, -0.05) is 25.4 Å². The van der Waals surface area contributed by atoms with Gasteiger partial charge in [-0.2, -0.15) is 0 Å². The first kappa shape index (κ1) is 15.8. The molecule has 1 aromatic carbocycles. The molecular weight excluding hydrogens is 290 g/mol. The van der Waals surface area contributed by atoms with Gasteiger partial charge in [-0.15, -0.1) is 0 Å². The van der Waals surface area contributed by atoms with E-state index in [9.17, 15) is 25.0 Å². The third-order valence-corrected chi connectivity index (χ3v) is 2.75. The van der Waals surface area contributed by atoms with E-state index >= 15 is 0 Å². The number of nitro groups is 2. The van der Waals surface area contributed by atoms with Crippen LogP contribution in [0.5, 0.6) is 0 Å². The van der Waals surface area contributed by atoms with Gasteiger partial charge < -0.3 is 5.32 Å². The topological polar surface area (TPSA) is 115 Å². The van der Waals surface area contributed by atoms with Crippen molar-refractivity contribution in [1.29, 1.82) is 0 Å². The molecule has 1 aromatic rings. The highest BCUT2D eigenvalue weighted by molar-refractivity contribution is 6.35. The zero-order valence-corrected chi connectivity index (χ0v) is 11.5. The molecule has 0 aliphatic heterocycles. The first-order chi connectivity index (χ1) is 9.23. The summed E-state index contributed by atoms with van der Waals surface area (Å²) in [5.74, 6) is -0.446. The van der Waals surface area contributed by atoms with Gasteiger partial charge in [0.25, 0.3) is 17.3 Å². The van der Waals surface area contributed by atoms with E-state index in [2.05, 4.69) is 5.32 Å². The van der Waals surface area contributed by atoms with Crippen LogP contribution in [0.25, 0.3) is 0 Å². The lowest BCUT2D eigenvalue weighted by Crippen LogP contribution is -2.27. The van der Waals surface area contributed by atoms with Gasteiger partial charge in [-0.3, -0.25) is 25.0 Å². The summed E-state index contributed by atoms with van der Waals surface area (Å²) in [4.78, 5) is 31.7. The molecule has 1 N–H and O–H groups in total. The highest BCUT2D eigenvalue weighted by atomic mass is 35.5. The first-order valence-electron chi connectivity index (χ1n) is 5.64. The second kappa shape index (κ2) is 6.29. The number of carbonyl (C=O) groups excluding carboxylic acids is 1. The monoisotopic (exact) mass is 301 g/mol. The normalized spacial score (nSPS) is 10.4. The Morgan fingerprint density at radius 3 is 2.05 bits per heavy atom. The Morgan fingerprint density at radius 1 is 1.25 bits per heavy atom. The average Bonchev–Trinajstić information content (AvgIpc) is 2.35. The largest absolute Gasteiger partial charge is 0.352 e. The van der Waals surface area contributed by atoms with Gasteiger partial charge in [0.05, 0.1) is 15.4 Å². The van der Waals surface area contributed by atoms with Crippen LogP contribution in [0.15, 0.2) is 12.1 Å². The molecule has 8 nitrogen and oxygen atoms in total. The fourth-order valence-electron chi connectivity index (χ4n) is 1.39. The van der Waals surface area contributed by atoms with Gasteiger partial charge in [-0.25, -0.2) is 0 Å². The summed E-state index contributed by atoms with van der Waals surface area (Å²) in [6.07, 6.45) is 0. The number of halogens is 1. The number of benzene rings is 1. The highest BCUT2D eigenvalue weighted by Gasteiger charge is 2.27. The van der Waals surface area contributed by atoms with Crippen molar-refractivity contribution in [2.75, 3.05) is 6.54 Å². The second-order valence-electron chi connectivity index (χ2n) is 4.45. The summed E-state index contributed by atoms with van der Waals surface area (Å²) >= 11 is 5.59. The van der Waals surface area contributed by atoms with Gasteiger partial charge in [0.1, 0.15) is 0 Å². The Morgan fingerprint density at radius 2 is 1.70 bits per heavy atom. The highest BCUT2D eigenvalue weighted by Crippen LogP contribution is 2.34. The van der Waals surface area contributed by atoms with Crippen molar-refractivity contribution in [3.05, 3.63) is 42.9 Å². The quantitative estimate of drug-likeness (QED) is 0.662. The third kappa shape index (κ3) is 3.64. The van der Waals surface area contributed by atoms with Gasteiger partial charge in [-0.05, 0) is 5.92 Å². The number of nitrogens with one attached hydrogen (secondary N) is 1. The summed E-state index contributed by atoms with van der Waals surface area (Å²) in [6, 6.07) is 1.84. The lowest BCUT2D eigenvalue weighted by atomic mass is 10.1. The molecule has 0 bridgehead atoms. The predicted molar refractivity (Wildman–Crippen MR) is 71.9 cm³/mol. The fourth-order valence-corrected chi connectivity index (χ4v) is 1.64. The van der Waals surface area contributed by atoms with E-state index in [4.69, 9.17) is 11.6 Å². The molecule has 0 spiro atoms. The van der Waals surface area contributed by atoms with E-state index in [-0.39, 0.29) is 11.5 Å². The Bertz CT molecular complexity index is 538. The van der Waals surface area contributed by atoms with Crippen LogP contribution in [0.2, 0.25) is 5.02 Å². The van der Waals surface area contributed by atoms with E-state index in [0.29, 0.717) is 6.54 Å². The zero-order valence-electron chi connectivity index (χ0n) is 10.8. The maximum atomic E-state index is 11.8. The van der Waals surface area contributed by atoms with Crippen molar-refractivity contribution >= 4 is 28.9 Å². The third-order valence-electron chi connectivity index (χ3n) is 2.36.